The third kappa shape index (κ3) is 4.50. The van der Waals surface area contributed by atoms with Crippen LogP contribution in [0.4, 0.5) is 0 Å². The predicted molar refractivity (Wildman–Crippen MR) is 133 cm³/mol. The first kappa shape index (κ1) is 24.7. The Hall–Kier alpha value is -3.39. The molecule has 0 saturated carbocycles. The second-order valence-corrected chi connectivity index (χ2v) is 9.40. The molecule has 7 nitrogen and oxygen atoms in total. The lowest BCUT2D eigenvalue weighted by molar-refractivity contribution is -0.150. The summed E-state index contributed by atoms with van der Waals surface area (Å²) in [6, 6.07) is 14.7. The van der Waals surface area contributed by atoms with Gasteiger partial charge in [0.25, 0.3) is 0 Å². The molecule has 1 aliphatic heterocycles. The Morgan fingerprint density at radius 2 is 1.57 bits per heavy atom. The second kappa shape index (κ2) is 10.1. The predicted octanol–water partition coefficient (Wildman–Crippen LogP) is 4.39. The van der Waals surface area contributed by atoms with Gasteiger partial charge in [0.1, 0.15) is 11.7 Å². The Morgan fingerprint density at radius 1 is 0.943 bits per heavy atom. The number of Topliss-reactive ketones (excluding diaryl/α,β-unsaturated/α-hetero) is 1. The molecule has 2 aromatic rings. The maximum atomic E-state index is 14.1. The summed E-state index contributed by atoms with van der Waals surface area (Å²) in [4.78, 5) is 39.9. The fourth-order valence-electron chi connectivity index (χ4n) is 4.97. The molecule has 3 atom stereocenters. The summed E-state index contributed by atoms with van der Waals surface area (Å²) in [5, 5.41) is 3.28. The maximum Gasteiger partial charge on any atom is 0.336 e. The van der Waals surface area contributed by atoms with Crippen LogP contribution in [0.1, 0.15) is 36.3 Å². The van der Waals surface area contributed by atoms with Crippen molar-refractivity contribution in [2.45, 2.75) is 25.2 Å². The molecule has 2 aliphatic rings. The summed E-state index contributed by atoms with van der Waals surface area (Å²) in [6.07, 6.45) is 0.395. The Kier molecular flexibility index (Phi) is 7.12. The van der Waals surface area contributed by atoms with Crippen LogP contribution in [0.25, 0.3) is 0 Å². The number of benzene rings is 2. The molecule has 0 amide bonds. The highest BCUT2D eigenvalue weighted by Crippen LogP contribution is 2.48. The molecule has 8 heteroatoms. The SMILES string of the molecule is COC(=O)C1=C(C)NC2=C(C(=O)C(C(=O)OC)C(c3ccc(OC)cc3)C2)C1c1ccc(Br)cc1. The van der Waals surface area contributed by atoms with Crippen LogP contribution in [0, 0.1) is 5.92 Å². The Morgan fingerprint density at radius 3 is 2.14 bits per heavy atom. The number of dihydropyridines is 1. The Labute approximate surface area is 212 Å². The van der Waals surface area contributed by atoms with Crippen LogP contribution >= 0.6 is 15.9 Å². The lowest BCUT2D eigenvalue weighted by Gasteiger charge is -2.39. The van der Waals surface area contributed by atoms with Crippen LogP contribution in [-0.2, 0) is 23.9 Å². The molecule has 1 aliphatic carbocycles. The molecule has 182 valence electrons. The van der Waals surface area contributed by atoms with E-state index >= 15 is 0 Å². The van der Waals surface area contributed by atoms with Crippen molar-refractivity contribution >= 4 is 33.7 Å². The van der Waals surface area contributed by atoms with Gasteiger partial charge < -0.3 is 19.5 Å². The van der Waals surface area contributed by atoms with Crippen molar-refractivity contribution in [1.29, 1.82) is 0 Å². The van der Waals surface area contributed by atoms with Gasteiger partial charge in [-0.3, -0.25) is 9.59 Å². The van der Waals surface area contributed by atoms with Crippen molar-refractivity contribution in [3.8, 4) is 5.75 Å². The van der Waals surface area contributed by atoms with Crippen molar-refractivity contribution in [3.05, 3.63) is 86.7 Å². The van der Waals surface area contributed by atoms with Crippen molar-refractivity contribution in [2.75, 3.05) is 21.3 Å². The standard InChI is InChI=1S/C27H26BrNO6/c1-14-21(26(31)34-3)22(16-5-9-17(28)10-6-16)24-20(29-14)13-19(23(25(24)30)27(32)35-4)15-7-11-18(33-2)12-8-15/h5-12,19,22-23,29H,13H2,1-4H3. The number of carbonyl (C=O) groups is 3. The van der Waals surface area contributed by atoms with Gasteiger partial charge in [0, 0.05) is 33.3 Å². The van der Waals surface area contributed by atoms with Gasteiger partial charge in [0.15, 0.2) is 5.78 Å². The molecule has 0 spiro atoms. The highest BCUT2D eigenvalue weighted by molar-refractivity contribution is 9.10. The van der Waals surface area contributed by atoms with Crippen molar-refractivity contribution < 1.29 is 28.6 Å². The third-order valence-corrected chi connectivity index (χ3v) is 7.16. The summed E-state index contributed by atoms with van der Waals surface area (Å²) in [5.74, 6) is -3.00. The number of nitrogens with one attached hydrogen (secondary N) is 1. The number of ketones is 1. The molecular weight excluding hydrogens is 514 g/mol. The minimum absolute atomic E-state index is 0.341. The molecule has 2 aromatic carbocycles. The molecular formula is C27H26BrNO6. The first-order chi connectivity index (χ1) is 16.8. The van der Waals surface area contributed by atoms with Crippen LogP contribution in [0.3, 0.4) is 0 Å². The lowest BCUT2D eigenvalue weighted by Crippen LogP contribution is -2.43. The zero-order valence-corrected chi connectivity index (χ0v) is 21.5. The van der Waals surface area contributed by atoms with Gasteiger partial charge in [-0.05, 0) is 48.7 Å². The average Bonchev–Trinajstić information content (AvgIpc) is 2.87. The molecule has 0 fully saturated rings. The van der Waals surface area contributed by atoms with Crippen molar-refractivity contribution in [2.24, 2.45) is 5.92 Å². The van der Waals surface area contributed by atoms with E-state index in [2.05, 4.69) is 21.2 Å². The van der Waals surface area contributed by atoms with E-state index in [0.29, 0.717) is 34.7 Å². The molecule has 0 bridgehead atoms. The second-order valence-electron chi connectivity index (χ2n) is 8.48. The van der Waals surface area contributed by atoms with E-state index in [4.69, 9.17) is 14.2 Å². The van der Waals surface area contributed by atoms with E-state index in [-0.39, 0.29) is 5.78 Å². The van der Waals surface area contributed by atoms with Gasteiger partial charge in [-0.2, -0.15) is 0 Å². The summed E-state index contributed by atoms with van der Waals surface area (Å²) >= 11 is 3.44. The molecule has 3 unspecified atom stereocenters. The van der Waals surface area contributed by atoms with E-state index in [1.165, 1.54) is 14.2 Å². The van der Waals surface area contributed by atoms with Crippen molar-refractivity contribution in [1.82, 2.24) is 5.32 Å². The maximum absolute atomic E-state index is 14.1. The Bertz CT molecular complexity index is 1230. The van der Waals surface area contributed by atoms with Gasteiger partial charge in [-0.15, -0.1) is 0 Å². The van der Waals surface area contributed by atoms with Crippen LogP contribution in [0.2, 0.25) is 0 Å². The van der Waals surface area contributed by atoms with Crippen LogP contribution in [0.15, 0.2) is 75.5 Å². The molecule has 1 N–H and O–H groups in total. The number of carbonyl (C=O) groups excluding carboxylic acids is 3. The average molecular weight is 540 g/mol. The fourth-order valence-corrected chi connectivity index (χ4v) is 5.23. The number of hydrogen-bond acceptors (Lipinski definition) is 7. The van der Waals surface area contributed by atoms with E-state index in [1.807, 2.05) is 36.4 Å². The van der Waals surface area contributed by atoms with Gasteiger partial charge in [0.2, 0.25) is 0 Å². The lowest BCUT2D eigenvalue weighted by atomic mass is 9.67. The monoisotopic (exact) mass is 539 g/mol. The first-order valence-corrected chi connectivity index (χ1v) is 11.9. The molecule has 0 saturated heterocycles. The molecule has 1 heterocycles. The molecule has 0 aromatic heterocycles. The van der Waals surface area contributed by atoms with Gasteiger partial charge in [-0.25, -0.2) is 4.79 Å². The van der Waals surface area contributed by atoms with E-state index in [9.17, 15) is 14.4 Å². The summed E-state index contributed by atoms with van der Waals surface area (Å²) < 4.78 is 16.3. The molecule has 0 radical (unpaired) electrons. The minimum Gasteiger partial charge on any atom is -0.497 e. The number of esters is 2. The van der Waals surface area contributed by atoms with Crippen LogP contribution in [0.5, 0.6) is 5.75 Å². The Balaban J connectivity index is 1.88. The molecule has 35 heavy (non-hydrogen) atoms. The smallest absolute Gasteiger partial charge is 0.336 e. The largest absolute Gasteiger partial charge is 0.497 e. The minimum atomic E-state index is -1.05. The van der Waals surface area contributed by atoms with Gasteiger partial charge >= 0.3 is 11.9 Å². The van der Waals surface area contributed by atoms with Crippen LogP contribution in [-0.4, -0.2) is 39.1 Å². The summed E-state index contributed by atoms with van der Waals surface area (Å²) in [5.41, 5.74) is 3.60. The van der Waals surface area contributed by atoms with E-state index in [1.54, 1.807) is 26.2 Å². The van der Waals surface area contributed by atoms with Gasteiger partial charge in [-0.1, -0.05) is 40.2 Å². The van der Waals surface area contributed by atoms with Crippen molar-refractivity contribution in [3.63, 3.8) is 0 Å². The third-order valence-electron chi connectivity index (χ3n) is 6.63. The van der Waals surface area contributed by atoms with E-state index in [0.717, 1.165) is 15.6 Å². The summed E-state index contributed by atoms with van der Waals surface area (Å²) in [6.45, 7) is 1.79. The quantitative estimate of drug-likeness (QED) is 0.445. The molecule has 4 rings (SSSR count). The van der Waals surface area contributed by atoms with Gasteiger partial charge in [0.05, 0.1) is 26.9 Å². The number of halogens is 1. The fraction of sp³-hybridized carbons (Fsp3) is 0.296. The number of hydrogen-bond donors (Lipinski definition) is 1. The first-order valence-electron chi connectivity index (χ1n) is 11.1. The highest BCUT2D eigenvalue weighted by atomic mass is 79.9. The zero-order valence-electron chi connectivity index (χ0n) is 19.9. The topological polar surface area (TPSA) is 90.9 Å². The number of allylic oxidation sites excluding steroid dienone is 3. The normalized spacial score (nSPS) is 21.7. The number of methoxy groups -OCH3 is 3. The summed E-state index contributed by atoms with van der Waals surface area (Å²) in [7, 11) is 4.17. The number of rotatable bonds is 5. The number of ether oxygens (including phenoxy) is 3. The highest BCUT2D eigenvalue weighted by Gasteiger charge is 2.48. The zero-order chi connectivity index (χ0) is 25.3. The van der Waals surface area contributed by atoms with Crippen LogP contribution < -0.4 is 10.1 Å². The van der Waals surface area contributed by atoms with E-state index < -0.39 is 29.7 Å².